The molecule has 0 saturated carbocycles. The first-order chi connectivity index (χ1) is 7.56. The number of halogens is 2. The molecule has 1 amide bonds. The van der Waals surface area contributed by atoms with E-state index in [-0.39, 0.29) is 30.2 Å². The summed E-state index contributed by atoms with van der Waals surface area (Å²) in [7, 11) is 1.50. The van der Waals surface area contributed by atoms with Crippen LogP contribution in [0.1, 0.15) is 6.42 Å². The molecule has 6 heteroatoms. The summed E-state index contributed by atoms with van der Waals surface area (Å²) < 4.78 is 26.1. The number of hydrogen-bond donors (Lipinski definition) is 3. The van der Waals surface area contributed by atoms with Gasteiger partial charge in [0.25, 0.3) is 0 Å². The summed E-state index contributed by atoms with van der Waals surface area (Å²) in [6, 6.07) is 2.22. The molecule has 0 heterocycles. The molecular formula is C10H13F2N3O. The number of nitrogens with two attached hydrogens (primary N) is 1. The summed E-state index contributed by atoms with van der Waals surface area (Å²) in [6.07, 6.45) is 0.159. The largest absolute Gasteiger partial charge is 0.397 e. The van der Waals surface area contributed by atoms with E-state index >= 15 is 0 Å². The van der Waals surface area contributed by atoms with Crippen LogP contribution >= 0.6 is 0 Å². The van der Waals surface area contributed by atoms with Gasteiger partial charge in [0.1, 0.15) is 0 Å². The Bertz CT molecular complexity index is 396. The molecule has 0 unspecified atom stereocenters. The minimum atomic E-state index is -1.03. The number of benzene rings is 1. The molecule has 16 heavy (non-hydrogen) atoms. The van der Waals surface area contributed by atoms with Gasteiger partial charge >= 0.3 is 0 Å². The summed E-state index contributed by atoms with van der Waals surface area (Å²) >= 11 is 0. The van der Waals surface area contributed by atoms with Crippen LogP contribution < -0.4 is 16.4 Å². The monoisotopic (exact) mass is 229 g/mol. The molecule has 0 radical (unpaired) electrons. The number of nitrogens with one attached hydrogen (secondary N) is 2. The van der Waals surface area contributed by atoms with Gasteiger partial charge in [-0.2, -0.15) is 0 Å². The second kappa shape index (κ2) is 5.29. The van der Waals surface area contributed by atoms with E-state index in [4.69, 9.17) is 5.73 Å². The number of anilines is 2. The maximum Gasteiger partial charge on any atom is 0.221 e. The summed E-state index contributed by atoms with van der Waals surface area (Å²) in [6.45, 7) is 0.185. The number of carbonyl (C=O) groups excluding carboxylic acids is 1. The Balaban J connectivity index is 2.67. The van der Waals surface area contributed by atoms with Gasteiger partial charge in [0.05, 0.1) is 11.4 Å². The van der Waals surface area contributed by atoms with Crippen LogP contribution in [-0.4, -0.2) is 19.5 Å². The SMILES string of the molecule is CNC(=O)CCNc1c(N)ccc(F)c1F. The van der Waals surface area contributed by atoms with Gasteiger partial charge in [0.15, 0.2) is 11.6 Å². The third-order valence-corrected chi connectivity index (χ3v) is 2.06. The highest BCUT2D eigenvalue weighted by molar-refractivity contribution is 5.76. The van der Waals surface area contributed by atoms with Crippen molar-refractivity contribution in [1.82, 2.24) is 5.32 Å². The molecule has 4 nitrogen and oxygen atoms in total. The summed E-state index contributed by atoms with van der Waals surface area (Å²) in [5.74, 6) is -2.20. The molecule has 0 atom stereocenters. The first-order valence-corrected chi connectivity index (χ1v) is 4.74. The van der Waals surface area contributed by atoms with Gasteiger partial charge in [-0.1, -0.05) is 0 Å². The second-order valence-electron chi connectivity index (χ2n) is 3.18. The number of amides is 1. The lowest BCUT2D eigenvalue weighted by Gasteiger charge is -2.10. The minimum Gasteiger partial charge on any atom is -0.397 e. The Morgan fingerprint density at radius 3 is 2.75 bits per heavy atom. The van der Waals surface area contributed by atoms with Crippen molar-refractivity contribution < 1.29 is 13.6 Å². The third kappa shape index (κ3) is 2.82. The second-order valence-corrected chi connectivity index (χ2v) is 3.18. The average molecular weight is 229 g/mol. The van der Waals surface area contributed by atoms with Crippen LogP contribution in [0.3, 0.4) is 0 Å². The molecule has 0 aromatic heterocycles. The molecule has 1 aromatic carbocycles. The molecule has 1 rings (SSSR count). The molecule has 0 aliphatic carbocycles. The maximum atomic E-state index is 13.3. The van der Waals surface area contributed by atoms with Crippen molar-refractivity contribution in [2.24, 2.45) is 0 Å². The zero-order valence-corrected chi connectivity index (χ0v) is 8.81. The fraction of sp³-hybridized carbons (Fsp3) is 0.300. The van der Waals surface area contributed by atoms with Crippen LogP contribution in [0, 0.1) is 11.6 Å². The molecule has 0 spiro atoms. The summed E-state index contributed by atoms with van der Waals surface area (Å²) in [5, 5.41) is 5.00. The van der Waals surface area contributed by atoms with Crippen LogP contribution in [0.15, 0.2) is 12.1 Å². The Morgan fingerprint density at radius 1 is 1.44 bits per heavy atom. The zero-order chi connectivity index (χ0) is 12.1. The van der Waals surface area contributed by atoms with Crippen LogP contribution in [-0.2, 0) is 4.79 Å². The van der Waals surface area contributed by atoms with Gasteiger partial charge in [-0.3, -0.25) is 4.79 Å². The standard InChI is InChI=1S/C10H13F2N3O/c1-14-8(16)4-5-15-10-7(13)3-2-6(11)9(10)12/h2-3,15H,4-5,13H2,1H3,(H,14,16). The highest BCUT2D eigenvalue weighted by Gasteiger charge is 2.11. The van der Waals surface area contributed by atoms with E-state index in [1.54, 1.807) is 0 Å². The first kappa shape index (κ1) is 12.2. The smallest absolute Gasteiger partial charge is 0.221 e. The van der Waals surface area contributed by atoms with Crippen molar-refractivity contribution in [3.8, 4) is 0 Å². The predicted octanol–water partition coefficient (Wildman–Crippen LogP) is 1.09. The molecule has 0 aliphatic rings. The van der Waals surface area contributed by atoms with Crippen molar-refractivity contribution in [2.45, 2.75) is 6.42 Å². The average Bonchev–Trinajstić information content (AvgIpc) is 2.28. The predicted molar refractivity (Wildman–Crippen MR) is 57.9 cm³/mol. The van der Waals surface area contributed by atoms with Crippen LogP contribution in [0.25, 0.3) is 0 Å². The normalized spacial score (nSPS) is 9.94. The lowest BCUT2D eigenvalue weighted by atomic mass is 10.2. The van der Waals surface area contributed by atoms with Gasteiger partial charge in [0, 0.05) is 20.0 Å². The van der Waals surface area contributed by atoms with E-state index in [1.165, 1.54) is 13.1 Å². The Morgan fingerprint density at radius 2 is 2.12 bits per heavy atom. The fourth-order valence-corrected chi connectivity index (χ4v) is 1.17. The van der Waals surface area contributed by atoms with Crippen molar-refractivity contribution in [3.05, 3.63) is 23.8 Å². The summed E-state index contributed by atoms with van der Waals surface area (Å²) in [5.41, 5.74) is 5.47. The Labute approximate surface area is 91.8 Å². The van der Waals surface area contributed by atoms with Crippen LogP contribution in [0.4, 0.5) is 20.2 Å². The summed E-state index contributed by atoms with van der Waals surface area (Å²) in [4.78, 5) is 10.9. The Kier molecular flexibility index (Phi) is 4.04. The first-order valence-electron chi connectivity index (χ1n) is 4.74. The van der Waals surface area contributed by atoms with Crippen molar-refractivity contribution >= 4 is 17.3 Å². The van der Waals surface area contributed by atoms with Gasteiger partial charge < -0.3 is 16.4 Å². The Hall–Kier alpha value is -1.85. The number of nitrogen functional groups attached to an aromatic ring is 1. The van der Waals surface area contributed by atoms with Gasteiger partial charge in [-0.15, -0.1) is 0 Å². The molecule has 1 aromatic rings. The topological polar surface area (TPSA) is 67.2 Å². The third-order valence-electron chi connectivity index (χ3n) is 2.06. The van der Waals surface area contributed by atoms with Crippen molar-refractivity contribution in [2.75, 3.05) is 24.6 Å². The van der Waals surface area contributed by atoms with E-state index in [0.29, 0.717) is 0 Å². The zero-order valence-electron chi connectivity index (χ0n) is 8.81. The molecule has 0 aliphatic heterocycles. The number of rotatable bonds is 4. The van der Waals surface area contributed by atoms with Crippen LogP contribution in [0.2, 0.25) is 0 Å². The number of carbonyl (C=O) groups is 1. The van der Waals surface area contributed by atoms with Crippen molar-refractivity contribution in [1.29, 1.82) is 0 Å². The minimum absolute atomic E-state index is 0.107. The van der Waals surface area contributed by atoms with Gasteiger partial charge in [0.2, 0.25) is 5.91 Å². The molecule has 4 N–H and O–H groups in total. The highest BCUT2D eigenvalue weighted by atomic mass is 19.2. The van der Waals surface area contributed by atoms with E-state index < -0.39 is 11.6 Å². The van der Waals surface area contributed by atoms with Crippen molar-refractivity contribution in [3.63, 3.8) is 0 Å². The van der Waals surface area contributed by atoms with E-state index in [2.05, 4.69) is 10.6 Å². The molecule has 0 fully saturated rings. The fourth-order valence-electron chi connectivity index (χ4n) is 1.17. The van der Waals surface area contributed by atoms with E-state index in [0.717, 1.165) is 6.07 Å². The van der Waals surface area contributed by atoms with Gasteiger partial charge in [-0.05, 0) is 12.1 Å². The highest BCUT2D eigenvalue weighted by Crippen LogP contribution is 2.24. The van der Waals surface area contributed by atoms with Crippen LogP contribution in [0.5, 0.6) is 0 Å². The maximum absolute atomic E-state index is 13.3. The molecule has 88 valence electrons. The van der Waals surface area contributed by atoms with E-state index in [9.17, 15) is 13.6 Å². The quantitative estimate of drug-likeness (QED) is 0.677. The molecule has 0 bridgehead atoms. The number of hydrogen-bond acceptors (Lipinski definition) is 3. The van der Waals surface area contributed by atoms with E-state index in [1.807, 2.05) is 0 Å². The van der Waals surface area contributed by atoms with Gasteiger partial charge in [-0.25, -0.2) is 8.78 Å². The molecular weight excluding hydrogens is 216 g/mol. The lowest BCUT2D eigenvalue weighted by Crippen LogP contribution is -2.21. The molecule has 0 saturated heterocycles. The lowest BCUT2D eigenvalue weighted by molar-refractivity contribution is -0.120.